The second kappa shape index (κ2) is 7.21. The summed E-state index contributed by atoms with van der Waals surface area (Å²) in [5.41, 5.74) is 1.01. The zero-order valence-corrected chi connectivity index (χ0v) is 13.8. The van der Waals surface area contributed by atoms with Gasteiger partial charge in [-0.1, -0.05) is 5.16 Å². The van der Waals surface area contributed by atoms with E-state index in [-0.39, 0.29) is 24.7 Å². The summed E-state index contributed by atoms with van der Waals surface area (Å²) in [6.07, 6.45) is 2.97. The van der Waals surface area contributed by atoms with Crippen molar-refractivity contribution in [2.24, 2.45) is 5.16 Å². The summed E-state index contributed by atoms with van der Waals surface area (Å²) < 4.78 is 20.9. The number of cyclic esters (lactones) is 1. The van der Waals surface area contributed by atoms with Gasteiger partial charge in [-0.15, -0.1) is 0 Å². The molecular formula is C16H16FN5O4. The second-order valence-electron chi connectivity index (χ2n) is 5.65. The maximum Gasteiger partial charge on any atom is 0.414 e. The lowest BCUT2D eigenvalue weighted by molar-refractivity contribution is -0.119. The lowest BCUT2D eigenvalue weighted by atomic mass is 10.2. The Morgan fingerprint density at radius 2 is 2.38 bits per heavy atom. The van der Waals surface area contributed by atoms with Gasteiger partial charge in [-0.25, -0.2) is 13.9 Å². The van der Waals surface area contributed by atoms with Gasteiger partial charge in [0.1, 0.15) is 11.8 Å². The maximum atomic E-state index is 14.5. The second-order valence-corrected chi connectivity index (χ2v) is 5.65. The SMILES string of the molecule is CC(=O)NC[C@H]1CN(c2ccc(-n3cc(/C=N\O)cn3)c(F)c2)C(=O)O1. The van der Waals surface area contributed by atoms with E-state index in [0.717, 1.165) is 0 Å². The smallest absolute Gasteiger partial charge is 0.414 e. The number of hydrogen-bond acceptors (Lipinski definition) is 6. The summed E-state index contributed by atoms with van der Waals surface area (Å²) in [5, 5.41) is 18.0. The minimum Gasteiger partial charge on any atom is -0.442 e. The first kappa shape index (κ1) is 17.4. The van der Waals surface area contributed by atoms with Gasteiger partial charge in [-0.3, -0.25) is 9.69 Å². The first-order chi connectivity index (χ1) is 12.5. The Bertz CT molecular complexity index is 866. The number of nitrogens with zero attached hydrogens (tertiary/aromatic N) is 4. The van der Waals surface area contributed by atoms with Crippen LogP contribution in [0.4, 0.5) is 14.9 Å². The number of rotatable bonds is 5. The molecule has 0 bridgehead atoms. The monoisotopic (exact) mass is 361 g/mol. The summed E-state index contributed by atoms with van der Waals surface area (Å²) in [6, 6.07) is 4.26. The molecule has 1 atom stereocenters. The lowest BCUT2D eigenvalue weighted by Crippen LogP contribution is -2.33. The van der Waals surface area contributed by atoms with Crippen LogP contribution in [0, 0.1) is 5.82 Å². The van der Waals surface area contributed by atoms with Crippen molar-refractivity contribution in [2.45, 2.75) is 13.0 Å². The van der Waals surface area contributed by atoms with E-state index in [2.05, 4.69) is 15.6 Å². The number of carbonyl (C=O) groups excluding carboxylic acids is 2. The van der Waals surface area contributed by atoms with E-state index < -0.39 is 18.0 Å². The molecule has 2 aromatic rings. The molecule has 10 heteroatoms. The summed E-state index contributed by atoms with van der Waals surface area (Å²) >= 11 is 0. The minimum absolute atomic E-state index is 0.175. The summed E-state index contributed by atoms with van der Waals surface area (Å²) in [5.74, 6) is -0.809. The summed E-state index contributed by atoms with van der Waals surface area (Å²) in [7, 11) is 0. The third kappa shape index (κ3) is 3.63. The predicted octanol–water partition coefficient (Wildman–Crippen LogP) is 1.28. The van der Waals surface area contributed by atoms with Crippen LogP contribution in [0.25, 0.3) is 5.69 Å². The van der Waals surface area contributed by atoms with E-state index in [1.165, 1.54) is 47.2 Å². The molecule has 9 nitrogen and oxygen atoms in total. The first-order valence-electron chi connectivity index (χ1n) is 7.72. The number of hydrogen-bond donors (Lipinski definition) is 2. The van der Waals surface area contributed by atoms with Gasteiger partial charge < -0.3 is 15.3 Å². The molecule has 0 spiro atoms. The molecule has 0 unspecified atom stereocenters. The zero-order valence-electron chi connectivity index (χ0n) is 13.8. The van der Waals surface area contributed by atoms with Crippen molar-refractivity contribution in [1.29, 1.82) is 0 Å². The molecule has 1 aromatic carbocycles. The molecule has 2 amide bonds. The van der Waals surface area contributed by atoms with Crippen LogP contribution in [0.1, 0.15) is 12.5 Å². The van der Waals surface area contributed by atoms with Gasteiger partial charge >= 0.3 is 6.09 Å². The molecule has 2 heterocycles. The summed E-state index contributed by atoms with van der Waals surface area (Å²) in [4.78, 5) is 24.2. The molecule has 1 aromatic heterocycles. The van der Waals surface area contributed by atoms with Crippen molar-refractivity contribution in [2.75, 3.05) is 18.0 Å². The van der Waals surface area contributed by atoms with Crippen molar-refractivity contribution < 1.29 is 23.9 Å². The highest BCUT2D eigenvalue weighted by Gasteiger charge is 2.32. The fourth-order valence-electron chi connectivity index (χ4n) is 2.55. The van der Waals surface area contributed by atoms with Gasteiger partial charge in [-0.05, 0) is 18.2 Å². The van der Waals surface area contributed by atoms with Crippen LogP contribution in [-0.4, -0.2) is 52.4 Å². The molecule has 1 aliphatic rings. The number of benzene rings is 1. The van der Waals surface area contributed by atoms with E-state index in [1.807, 2.05) is 0 Å². The van der Waals surface area contributed by atoms with Crippen LogP contribution in [0.2, 0.25) is 0 Å². The molecule has 1 aliphatic heterocycles. The molecule has 1 saturated heterocycles. The van der Waals surface area contributed by atoms with E-state index in [9.17, 15) is 14.0 Å². The van der Waals surface area contributed by atoms with Crippen LogP contribution >= 0.6 is 0 Å². The normalized spacial score (nSPS) is 16.9. The fraction of sp³-hybridized carbons (Fsp3) is 0.250. The molecule has 0 saturated carbocycles. The number of amides is 2. The van der Waals surface area contributed by atoms with Gasteiger partial charge in [0.15, 0.2) is 5.82 Å². The van der Waals surface area contributed by atoms with Gasteiger partial charge in [0, 0.05) is 18.7 Å². The number of anilines is 1. The van der Waals surface area contributed by atoms with Crippen molar-refractivity contribution in [3.8, 4) is 5.69 Å². The van der Waals surface area contributed by atoms with Crippen LogP contribution in [0.15, 0.2) is 35.7 Å². The number of carbonyl (C=O) groups is 2. The third-order valence-electron chi connectivity index (χ3n) is 3.75. The Balaban J connectivity index is 1.76. The van der Waals surface area contributed by atoms with E-state index >= 15 is 0 Å². The van der Waals surface area contributed by atoms with Crippen LogP contribution in [-0.2, 0) is 9.53 Å². The maximum absolute atomic E-state index is 14.5. The minimum atomic E-state index is -0.604. The van der Waals surface area contributed by atoms with Crippen molar-refractivity contribution in [3.05, 3.63) is 42.0 Å². The van der Waals surface area contributed by atoms with Gasteiger partial charge in [0.05, 0.1) is 31.2 Å². The topological polar surface area (TPSA) is 109 Å². The third-order valence-corrected chi connectivity index (χ3v) is 3.75. The number of aromatic nitrogens is 2. The van der Waals surface area contributed by atoms with E-state index in [0.29, 0.717) is 11.3 Å². The van der Waals surface area contributed by atoms with E-state index in [1.54, 1.807) is 6.07 Å². The van der Waals surface area contributed by atoms with Gasteiger partial charge in [-0.2, -0.15) is 5.10 Å². The average Bonchev–Trinajstić information content (AvgIpc) is 3.20. The van der Waals surface area contributed by atoms with Crippen LogP contribution in [0.5, 0.6) is 0 Å². The molecule has 0 aliphatic carbocycles. The quantitative estimate of drug-likeness (QED) is 0.474. The van der Waals surface area contributed by atoms with E-state index in [4.69, 9.17) is 9.94 Å². The molecular weight excluding hydrogens is 345 g/mol. The largest absolute Gasteiger partial charge is 0.442 e. The zero-order chi connectivity index (χ0) is 18.7. The fourth-order valence-corrected chi connectivity index (χ4v) is 2.55. The van der Waals surface area contributed by atoms with Gasteiger partial charge in [0.25, 0.3) is 0 Å². The highest BCUT2D eigenvalue weighted by atomic mass is 19.1. The van der Waals surface area contributed by atoms with Crippen molar-refractivity contribution in [3.63, 3.8) is 0 Å². The highest BCUT2D eigenvalue weighted by Crippen LogP contribution is 2.25. The molecule has 1 fully saturated rings. The van der Waals surface area contributed by atoms with Crippen LogP contribution < -0.4 is 10.2 Å². The Labute approximate surface area is 147 Å². The Hall–Kier alpha value is -3.43. The Kier molecular flexibility index (Phi) is 4.83. The molecule has 0 radical (unpaired) electrons. The van der Waals surface area contributed by atoms with Crippen LogP contribution in [0.3, 0.4) is 0 Å². The molecule has 2 N–H and O–H groups in total. The number of nitrogens with one attached hydrogen (secondary N) is 1. The standard InChI is InChI=1S/C16H16FN5O4/c1-10(23)18-7-13-9-21(16(24)26-13)12-2-3-15(14(17)4-12)22-8-11(5-19-22)6-20-25/h2-6,8,13,25H,7,9H2,1H3,(H,18,23)/b20-6-/t13-/m0/s1. The number of ether oxygens (including phenoxy) is 1. The Morgan fingerprint density at radius 1 is 1.58 bits per heavy atom. The average molecular weight is 361 g/mol. The number of halogens is 1. The van der Waals surface area contributed by atoms with Crippen molar-refractivity contribution in [1.82, 2.24) is 15.1 Å². The highest BCUT2D eigenvalue weighted by molar-refractivity contribution is 5.90. The Morgan fingerprint density at radius 3 is 3.08 bits per heavy atom. The molecule has 136 valence electrons. The molecule has 3 rings (SSSR count). The number of oxime groups is 1. The van der Waals surface area contributed by atoms with Gasteiger partial charge in [0.2, 0.25) is 5.91 Å². The molecule has 26 heavy (non-hydrogen) atoms. The summed E-state index contributed by atoms with van der Waals surface area (Å²) in [6.45, 7) is 1.77. The predicted molar refractivity (Wildman–Crippen MR) is 89.2 cm³/mol. The lowest BCUT2D eigenvalue weighted by Gasteiger charge is -2.14. The van der Waals surface area contributed by atoms with Crippen molar-refractivity contribution >= 4 is 23.9 Å². The first-order valence-corrected chi connectivity index (χ1v) is 7.72.